The SMILES string of the molecule is CCn1cnnc1CNc1cccc(Br)c1C(=O)O. The molecule has 0 saturated heterocycles. The zero-order chi connectivity index (χ0) is 13.8. The van der Waals surface area contributed by atoms with Crippen LogP contribution < -0.4 is 5.32 Å². The number of benzene rings is 1. The fraction of sp³-hybridized carbons (Fsp3) is 0.250. The van der Waals surface area contributed by atoms with Crippen LogP contribution in [0.15, 0.2) is 29.0 Å². The molecule has 0 bridgehead atoms. The molecule has 2 aromatic rings. The Balaban J connectivity index is 2.20. The van der Waals surface area contributed by atoms with E-state index in [0.717, 1.165) is 12.4 Å². The second kappa shape index (κ2) is 5.83. The van der Waals surface area contributed by atoms with Crippen LogP contribution in [-0.2, 0) is 13.1 Å². The van der Waals surface area contributed by atoms with E-state index < -0.39 is 5.97 Å². The quantitative estimate of drug-likeness (QED) is 0.882. The highest BCUT2D eigenvalue weighted by Crippen LogP contribution is 2.25. The van der Waals surface area contributed by atoms with Gasteiger partial charge in [0.1, 0.15) is 6.33 Å². The first-order chi connectivity index (χ1) is 9.13. The number of aromatic carboxylic acids is 1. The van der Waals surface area contributed by atoms with Crippen molar-refractivity contribution >= 4 is 27.6 Å². The first kappa shape index (κ1) is 13.5. The van der Waals surface area contributed by atoms with Crippen molar-refractivity contribution in [3.8, 4) is 0 Å². The molecule has 1 heterocycles. The van der Waals surface area contributed by atoms with Crippen molar-refractivity contribution < 1.29 is 9.90 Å². The Hall–Kier alpha value is -1.89. The lowest BCUT2D eigenvalue weighted by Gasteiger charge is -2.10. The van der Waals surface area contributed by atoms with E-state index in [4.69, 9.17) is 0 Å². The molecule has 0 aliphatic carbocycles. The molecule has 1 aromatic heterocycles. The highest BCUT2D eigenvalue weighted by atomic mass is 79.9. The van der Waals surface area contributed by atoms with Gasteiger partial charge in [-0.1, -0.05) is 6.07 Å². The van der Waals surface area contributed by atoms with E-state index in [9.17, 15) is 9.90 Å². The summed E-state index contributed by atoms with van der Waals surface area (Å²) in [6, 6.07) is 5.20. The molecule has 0 aliphatic rings. The summed E-state index contributed by atoms with van der Waals surface area (Å²) in [5, 5.41) is 20.1. The van der Waals surface area contributed by atoms with Crippen LogP contribution in [0, 0.1) is 0 Å². The molecule has 0 aliphatic heterocycles. The number of nitrogens with one attached hydrogen (secondary N) is 1. The number of hydrogen-bond acceptors (Lipinski definition) is 4. The van der Waals surface area contributed by atoms with Crippen LogP contribution in [0.3, 0.4) is 0 Å². The average Bonchev–Trinajstić information content (AvgIpc) is 2.83. The van der Waals surface area contributed by atoms with Crippen molar-refractivity contribution in [2.45, 2.75) is 20.0 Å². The Kier molecular flexibility index (Phi) is 4.16. The molecule has 2 N–H and O–H groups in total. The lowest BCUT2D eigenvalue weighted by Crippen LogP contribution is -2.10. The number of anilines is 1. The lowest BCUT2D eigenvalue weighted by atomic mass is 10.2. The third-order valence-electron chi connectivity index (χ3n) is 2.70. The van der Waals surface area contributed by atoms with Crippen molar-refractivity contribution in [2.75, 3.05) is 5.32 Å². The molecule has 1 aromatic carbocycles. The molecule has 0 saturated carbocycles. The van der Waals surface area contributed by atoms with Gasteiger partial charge >= 0.3 is 5.97 Å². The number of halogens is 1. The maximum absolute atomic E-state index is 11.2. The van der Waals surface area contributed by atoms with E-state index in [0.29, 0.717) is 16.7 Å². The second-order valence-electron chi connectivity index (χ2n) is 3.85. The number of carboxylic acid groups (broad SMARTS) is 1. The molecule has 0 amide bonds. The van der Waals surface area contributed by atoms with Gasteiger partial charge in [0.25, 0.3) is 0 Å². The van der Waals surface area contributed by atoms with Crippen molar-refractivity contribution in [3.05, 3.63) is 40.4 Å². The fourth-order valence-electron chi connectivity index (χ4n) is 1.74. The highest BCUT2D eigenvalue weighted by molar-refractivity contribution is 9.10. The molecular formula is C12H13BrN4O2. The summed E-state index contributed by atoms with van der Waals surface area (Å²) >= 11 is 3.24. The number of aromatic nitrogens is 3. The Bertz CT molecular complexity index is 597. The molecule has 0 spiro atoms. The standard InChI is InChI=1S/C12H13BrN4O2/c1-2-17-7-15-16-10(17)6-14-9-5-3-4-8(13)11(9)12(18)19/h3-5,7,14H,2,6H2,1H3,(H,18,19). The third kappa shape index (κ3) is 2.93. The van der Waals surface area contributed by atoms with Gasteiger partial charge < -0.3 is 15.0 Å². The Morgan fingerprint density at radius 1 is 1.53 bits per heavy atom. The van der Waals surface area contributed by atoms with Gasteiger partial charge in [0.05, 0.1) is 17.8 Å². The minimum absolute atomic E-state index is 0.213. The summed E-state index contributed by atoms with van der Waals surface area (Å²) in [4.78, 5) is 11.2. The smallest absolute Gasteiger partial charge is 0.338 e. The molecule has 0 fully saturated rings. The summed E-state index contributed by atoms with van der Waals surface area (Å²) in [6.45, 7) is 3.19. The van der Waals surface area contributed by atoms with E-state index in [-0.39, 0.29) is 5.56 Å². The number of aryl methyl sites for hydroxylation is 1. The summed E-state index contributed by atoms with van der Waals surface area (Å²) in [5.74, 6) is -0.217. The van der Waals surface area contributed by atoms with E-state index in [1.165, 1.54) is 0 Å². The Morgan fingerprint density at radius 2 is 2.32 bits per heavy atom. The zero-order valence-corrected chi connectivity index (χ0v) is 11.9. The van der Waals surface area contributed by atoms with Crippen LogP contribution in [-0.4, -0.2) is 25.8 Å². The monoisotopic (exact) mass is 324 g/mol. The number of carbonyl (C=O) groups is 1. The van der Waals surface area contributed by atoms with E-state index in [1.54, 1.807) is 24.5 Å². The second-order valence-corrected chi connectivity index (χ2v) is 4.71. The minimum Gasteiger partial charge on any atom is -0.478 e. The van der Waals surface area contributed by atoms with Crippen LogP contribution in [0.2, 0.25) is 0 Å². The normalized spacial score (nSPS) is 10.4. The van der Waals surface area contributed by atoms with Crippen molar-refractivity contribution in [1.29, 1.82) is 0 Å². The molecule has 0 radical (unpaired) electrons. The fourth-order valence-corrected chi connectivity index (χ4v) is 2.28. The molecule has 6 nitrogen and oxygen atoms in total. The highest BCUT2D eigenvalue weighted by Gasteiger charge is 2.14. The molecule has 0 unspecified atom stereocenters. The summed E-state index contributed by atoms with van der Waals surface area (Å²) < 4.78 is 2.44. The van der Waals surface area contributed by atoms with Crippen LogP contribution in [0.5, 0.6) is 0 Å². The maximum Gasteiger partial charge on any atom is 0.338 e. The number of nitrogens with zero attached hydrogens (tertiary/aromatic N) is 3. The van der Waals surface area contributed by atoms with Gasteiger partial charge in [-0.3, -0.25) is 0 Å². The average molecular weight is 325 g/mol. The van der Waals surface area contributed by atoms with Gasteiger partial charge in [0, 0.05) is 11.0 Å². The number of rotatable bonds is 5. The molecule has 100 valence electrons. The van der Waals surface area contributed by atoms with Crippen molar-refractivity contribution in [3.63, 3.8) is 0 Å². The Morgan fingerprint density at radius 3 is 3.00 bits per heavy atom. The van der Waals surface area contributed by atoms with Crippen LogP contribution >= 0.6 is 15.9 Å². The molecular weight excluding hydrogens is 312 g/mol. The zero-order valence-electron chi connectivity index (χ0n) is 10.3. The van der Waals surface area contributed by atoms with Gasteiger partial charge in [-0.15, -0.1) is 10.2 Å². The van der Waals surface area contributed by atoms with Gasteiger partial charge in [-0.2, -0.15) is 0 Å². The largest absolute Gasteiger partial charge is 0.478 e. The van der Waals surface area contributed by atoms with Gasteiger partial charge in [-0.05, 0) is 35.0 Å². The maximum atomic E-state index is 11.2. The minimum atomic E-state index is -0.980. The van der Waals surface area contributed by atoms with Gasteiger partial charge in [-0.25, -0.2) is 4.79 Å². The first-order valence-corrected chi connectivity index (χ1v) is 6.55. The summed E-state index contributed by atoms with van der Waals surface area (Å²) in [6.07, 6.45) is 1.65. The number of carboxylic acids is 1. The van der Waals surface area contributed by atoms with Gasteiger partial charge in [0.2, 0.25) is 0 Å². The van der Waals surface area contributed by atoms with E-state index >= 15 is 0 Å². The van der Waals surface area contributed by atoms with Crippen LogP contribution in [0.1, 0.15) is 23.1 Å². The van der Waals surface area contributed by atoms with Gasteiger partial charge in [0.15, 0.2) is 5.82 Å². The van der Waals surface area contributed by atoms with Crippen molar-refractivity contribution in [2.24, 2.45) is 0 Å². The Labute approximate surface area is 118 Å². The predicted octanol–water partition coefficient (Wildman–Crippen LogP) is 2.37. The van der Waals surface area contributed by atoms with E-state index in [2.05, 4.69) is 31.4 Å². The molecule has 0 atom stereocenters. The van der Waals surface area contributed by atoms with Crippen molar-refractivity contribution in [1.82, 2.24) is 14.8 Å². The van der Waals surface area contributed by atoms with Crippen LogP contribution in [0.25, 0.3) is 0 Å². The third-order valence-corrected chi connectivity index (χ3v) is 3.36. The van der Waals surface area contributed by atoms with Crippen LogP contribution in [0.4, 0.5) is 5.69 Å². The first-order valence-electron chi connectivity index (χ1n) is 5.75. The lowest BCUT2D eigenvalue weighted by molar-refractivity contribution is 0.0697. The predicted molar refractivity (Wildman–Crippen MR) is 74.1 cm³/mol. The summed E-state index contributed by atoms with van der Waals surface area (Å²) in [5.41, 5.74) is 0.762. The molecule has 2 rings (SSSR count). The molecule has 7 heteroatoms. The summed E-state index contributed by atoms with van der Waals surface area (Å²) in [7, 11) is 0. The topological polar surface area (TPSA) is 80.0 Å². The number of hydrogen-bond donors (Lipinski definition) is 2. The van der Waals surface area contributed by atoms with E-state index in [1.807, 2.05) is 11.5 Å². The molecule has 19 heavy (non-hydrogen) atoms.